The van der Waals surface area contributed by atoms with Crippen molar-refractivity contribution in [2.24, 2.45) is 0 Å². The highest BCUT2D eigenvalue weighted by Gasteiger charge is 2.38. The van der Waals surface area contributed by atoms with Gasteiger partial charge in [-0.3, -0.25) is 0 Å². The summed E-state index contributed by atoms with van der Waals surface area (Å²) < 4.78 is 4.71. The Balaban J connectivity index is 2.08. The van der Waals surface area contributed by atoms with Gasteiger partial charge in [-0.05, 0) is 39.4 Å². The number of pyridine rings is 1. The Labute approximate surface area is 119 Å². The predicted molar refractivity (Wildman–Crippen MR) is 78.7 cm³/mol. The van der Waals surface area contributed by atoms with Crippen molar-refractivity contribution in [1.29, 1.82) is 0 Å². The zero-order valence-electron chi connectivity index (χ0n) is 12.3. The number of aromatic nitrogens is 1. The summed E-state index contributed by atoms with van der Waals surface area (Å²) in [5, 5.41) is 3.30. The van der Waals surface area contributed by atoms with Crippen LogP contribution in [0.2, 0.25) is 0 Å². The fourth-order valence-electron chi connectivity index (χ4n) is 2.47. The third-order valence-corrected chi connectivity index (χ3v) is 4.17. The Bertz CT molecular complexity index is 498. The monoisotopic (exact) mass is 278 g/mol. The number of hydrogen-bond donors (Lipinski definition) is 2. The molecular formula is C14H22N4O2. The lowest BCUT2D eigenvalue weighted by molar-refractivity contribution is 0.0602. The van der Waals surface area contributed by atoms with E-state index in [1.807, 2.05) is 0 Å². The van der Waals surface area contributed by atoms with Gasteiger partial charge in [-0.25, -0.2) is 9.78 Å². The van der Waals surface area contributed by atoms with Gasteiger partial charge in [-0.1, -0.05) is 0 Å². The van der Waals surface area contributed by atoms with E-state index in [1.54, 1.807) is 6.07 Å². The molecule has 1 fully saturated rings. The Hall–Kier alpha value is -1.82. The number of carbonyl (C=O) groups excluding carboxylic acids is 1. The minimum atomic E-state index is -0.445. The summed E-state index contributed by atoms with van der Waals surface area (Å²) in [6, 6.07) is 1.64. The first kappa shape index (κ1) is 14.6. The van der Waals surface area contributed by atoms with Crippen molar-refractivity contribution in [1.82, 2.24) is 9.88 Å². The molecule has 1 aromatic heterocycles. The van der Waals surface area contributed by atoms with Crippen molar-refractivity contribution < 1.29 is 9.53 Å². The van der Waals surface area contributed by atoms with Gasteiger partial charge in [0.05, 0.1) is 24.6 Å². The second-order valence-corrected chi connectivity index (χ2v) is 5.47. The Morgan fingerprint density at radius 3 is 2.75 bits per heavy atom. The average molecular weight is 278 g/mol. The topological polar surface area (TPSA) is 80.5 Å². The summed E-state index contributed by atoms with van der Waals surface area (Å²) in [6.45, 7) is 0.803. The lowest BCUT2D eigenvalue weighted by Gasteiger charge is -2.47. The van der Waals surface area contributed by atoms with E-state index in [9.17, 15) is 4.79 Å². The molecule has 20 heavy (non-hydrogen) atoms. The third-order valence-electron chi connectivity index (χ3n) is 4.17. The molecular weight excluding hydrogens is 256 g/mol. The van der Waals surface area contributed by atoms with Crippen LogP contribution >= 0.6 is 0 Å². The van der Waals surface area contributed by atoms with Gasteiger partial charge >= 0.3 is 5.97 Å². The zero-order chi connectivity index (χ0) is 14.8. The molecule has 2 rings (SSSR count). The summed E-state index contributed by atoms with van der Waals surface area (Å²) in [4.78, 5) is 18.1. The summed E-state index contributed by atoms with van der Waals surface area (Å²) in [5.74, 6) is 0.201. The molecule has 1 aliphatic rings. The summed E-state index contributed by atoms with van der Waals surface area (Å²) >= 11 is 0. The Kier molecular flexibility index (Phi) is 4.13. The van der Waals surface area contributed by atoms with E-state index in [-0.39, 0.29) is 5.54 Å². The van der Waals surface area contributed by atoms with Gasteiger partial charge in [-0.2, -0.15) is 0 Å². The quantitative estimate of drug-likeness (QED) is 0.791. The molecule has 6 heteroatoms. The summed E-state index contributed by atoms with van der Waals surface area (Å²) in [7, 11) is 5.53. The highest BCUT2D eigenvalue weighted by Crippen LogP contribution is 2.36. The number of anilines is 2. The van der Waals surface area contributed by atoms with Crippen LogP contribution in [-0.4, -0.2) is 49.1 Å². The number of ether oxygens (including phenoxy) is 1. The number of likely N-dealkylation sites (N-methyl/N-ethyl adjacent to an activating group) is 1. The van der Waals surface area contributed by atoms with E-state index in [0.29, 0.717) is 17.1 Å². The number of hydrogen-bond acceptors (Lipinski definition) is 6. The number of methoxy groups -OCH3 is 1. The SMILES string of the molecule is COC(=O)c1cc(NCC2(N(C)C)CCC2)ncc1N. The predicted octanol–water partition coefficient (Wildman–Crippen LogP) is 1.35. The smallest absolute Gasteiger partial charge is 0.340 e. The number of rotatable bonds is 5. The van der Waals surface area contributed by atoms with Crippen LogP contribution < -0.4 is 11.1 Å². The van der Waals surface area contributed by atoms with E-state index in [2.05, 4.69) is 29.3 Å². The molecule has 0 bridgehead atoms. The van der Waals surface area contributed by atoms with Crippen LogP contribution in [0.3, 0.4) is 0 Å². The molecule has 0 radical (unpaired) electrons. The minimum Gasteiger partial charge on any atom is -0.465 e. The summed E-state index contributed by atoms with van der Waals surface area (Å²) in [6.07, 6.45) is 5.08. The Morgan fingerprint density at radius 1 is 1.55 bits per heavy atom. The molecule has 3 N–H and O–H groups in total. The van der Waals surface area contributed by atoms with Crippen molar-refractivity contribution in [3.05, 3.63) is 17.8 Å². The van der Waals surface area contributed by atoms with Crippen LogP contribution in [0.5, 0.6) is 0 Å². The molecule has 0 atom stereocenters. The van der Waals surface area contributed by atoms with E-state index in [4.69, 9.17) is 10.5 Å². The molecule has 0 aromatic carbocycles. The van der Waals surface area contributed by atoms with Gasteiger partial charge in [0.1, 0.15) is 5.82 Å². The molecule has 0 unspecified atom stereocenters. The molecule has 0 amide bonds. The van der Waals surface area contributed by atoms with E-state index in [0.717, 1.165) is 6.54 Å². The number of carbonyl (C=O) groups is 1. The lowest BCUT2D eigenvalue weighted by Crippen LogP contribution is -2.54. The maximum Gasteiger partial charge on any atom is 0.340 e. The van der Waals surface area contributed by atoms with E-state index in [1.165, 1.54) is 32.6 Å². The first-order valence-corrected chi connectivity index (χ1v) is 6.74. The standard InChI is InChI=1S/C14H22N4O2/c1-18(2)14(5-4-6-14)9-17-12-7-10(13(19)20-3)11(15)8-16-12/h7-8H,4-6,9,15H2,1-3H3,(H,16,17). The lowest BCUT2D eigenvalue weighted by atomic mass is 9.75. The molecule has 1 saturated carbocycles. The Morgan fingerprint density at radius 2 is 2.25 bits per heavy atom. The molecule has 1 aliphatic carbocycles. The zero-order valence-corrected chi connectivity index (χ0v) is 12.3. The van der Waals surface area contributed by atoms with Gasteiger partial charge in [-0.15, -0.1) is 0 Å². The van der Waals surface area contributed by atoms with Gasteiger partial charge in [0.15, 0.2) is 0 Å². The van der Waals surface area contributed by atoms with Crippen molar-refractivity contribution in [2.75, 3.05) is 38.8 Å². The largest absolute Gasteiger partial charge is 0.465 e. The second-order valence-electron chi connectivity index (χ2n) is 5.47. The maximum atomic E-state index is 11.6. The van der Waals surface area contributed by atoms with Crippen LogP contribution in [0.1, 0.15) is 29.6 Å². The van der Waals surface area contributed by atoms with Crippen molar-refractivity contribution in [3.63, 3.8) is 0 Å². The number of nitrogens with two attached hydrogens (primary N) is 1. The van der Waals surface area contributed by atoms with Crippen LogP contribution in [0.25, 0.3) is 0 Å². The molecule has 6 nitrogen and oxygen atoms in total. The molecule has 110 valence electrons. The summed E-state index contributed by atoms with van der Waals surface area (Å²) in [5.41, 5.74) is 6.60. The van der Waals surface area contributed by atoms with Crippen LogP contribution in [0, 0.1) is 0 Å². The molecule has 1 heterocycles. The van der Waals surface area contributed by atoms with Crippen LogP contribution in [0.15, 0.2) is 12.3 Å². The number of nitrogen functional groups attached to an aromatic ring is 1. The van der Waals surface area contributed by atoms with Crippen molar-refractivity contribution in [3.8, 4) is 0 Å². The maximum absolute atomic E-state index is 11.6. The normalized spacial score (nSPS) is 16.6. The number of nitrogens with zero attached hydrogens (tertiary/aromatic N) is 2. The van der Waals surface area contributed by atoms with Gasteiger partial charge in [0, 0.05) is 12.1 Å². The van der Waals surface area contributed by atoms with Gasteiger partial charge in [0.2, 0.25) is 0 Å². The van der Waals surface area contributed by atoms with E-state index < -0.39 is 5.97 Å². The first-order chi connectivity index (χ1) is 9.48. The molecule has 0 spiro atoms. The molecule has 0 aliphatic heterocycles. The minimum absolute atomic E-state index is 0.189. The second kappa shape index (κ2) is 5.66. The number of nitrogens with one attached hydrogen (secondary N) is 1. The van der Waals surface area contributed by atoms with Crippen LogP contribution in [-0.2, 0) is 4.74 Å². The fraction of sp³-hybridized carbons (Fsp3) is 0.571. The van der Waals surface area contributed by atoms with E-state index >= 15 is 0 Å². The fourth-order valence-corrected chi connectivity index (χ4v) is 2.47. The van der Waals surface area contributed by atoms with Crippen LogP contribution in [0.4, 0.5) is 11.5 Å². The van der Waals surface area contributed by atoms with Crippen molar-refractivity contribution in [2.45, 2.75) is 24.8 Å². The molecule has 0 saturated heterocycles. The van der Waals surface area contributed by atoms with Crippen molar-refractivity contribution >= 4 is 17.5 Å². The van der Waals surface area contributed by atoms with Gasteiger partial charge in [0.25, 0.3) is 0 Å². The number of esters is 1. The highest BCUT2D eigenvalue weighted by atomic mass is 16.5. The third kappa shape index (κ3) is 2.70. The average Bonchev–Trinajstić information content (AvgIpc) is 2.38. The molecule has 1 aromatic rings. The first-order valence-electron chi connectivity index (χ1n) is 6.74. The highest BCUT2D eigenvalue weighted by molar-refractivity contribution is 5.95. The van der Waals surface area contributed by atoms with Gasteiger partial charge < -0.3 is 20.7 Å².